The van der Waals surface area contributed by atoms with Gasteiger partial charge in [-0.1, -0.05) is 31.6 Å². The summed E-state index contributed by atoms with van der Waals surface area (Å²) in [5.74, 6) is 5.74. The molecule has 1 aliphatic heterocycles. The summed E-state index contributed by atoms with van der Waals surface area (Å²) in [7, 11) is 0. The lowest BCUT2D eigenvalue weighted by atomic mass is 10.1. The van der Waals surface area contributed by atoms with Gasteiger partial charge in [0.25, 0.3) is 5.91 Å². The number of likely N-dealkylation sites (tertiary alicyclic amines) is 1. The van der Waals surface area contributed by atoms with Gasteiger partial charge in [-0.15, -0.1) is 0 Å². The van der Waals surface area contributed by atoms with E-state index in [1.54, 1.807) is 12.3 Å². The van der Waals surface area contributed by atoms with Gasteiger partial charge in [0.1, 0.15) is 5.69 Å². The van der Waals surface area contributed by atoms with Crippen LogP contribution in [0.2, 0.25) is 0 Å². The molecular formula is C17H23N3O. The maximum atomic E-state index is 12.7. The van der Waals surface area contributed by atoms with Crippen molar-refractivity contribution in [3.63, 3.8) is 0 Å². The summed E-state index contributed by atoms with van der Waals surface area (Å²) in [5, 5.41) is 0. The minimum Gasteiger partial charge on any atom is -0.334 e. The minimum atomic E-state index is 0.0436. The van der Waals surface area contributed by atoms with Crippen LogP contribution in [0.1, 0.15) is 55.1 Å². The van der Waals surface area contributed by atoms with Crippen LogP contribution in [0, 0.1) is 11.8 Å². The SMILES string of the molecule is CCC1CCCCCN1C(=O)c1ccc(C#CCN)cn1. The summed E-state index contributed by atoms with van der Waals surface area (Å²) in [5.41, 5.74) is 6.64. The monoisotopic (exact) mass is 285 g/mol. The van der Waals surface area contributed by atoms with Crippen LogP contribution in [-0.2, 0) is 0 Å². The summed E-state index contributed by atoms with van der Waals surface area (Å²) in [4.78, 5) is 18.9. The molecule has 2 heterocycles. The van der Waals surface area contributed by atoms with Gasteiger partial charge < -0.3 is 10.6 Å². The van der Waals surface area contributed by atoms with Crippen molar-refractivity contribution < 1.29 is 4.79 Å². The van der Waals surface area contributed by atoms with Gasteiger partial charge in [-0.25, -0.2) is 4.98 Å². The highest BCUT2D eigenvalue weighted by Gasteiger charge is 2.25. The Morgan fingerprint density at radius 3 is 2.95 bits per heavy atom. The normalized spacial score (nSPS) is 18.6. The van der Waals surface area contributed by atoms with Crippen molar-refractivity contribution in [3.8, 4) is 11.8 Å². The smallest absolute Gasteiger partial charge is 0.272 e. The Kier molecular flexibility index (Phi) is 5.77. The molecule has 4 heteroatoms. The first-order valence-corrected chi connectivity index (χ1v) is 7.72. The zero-order valence-electron chi connectivity index (χ0n) is 12.6. The Balaban J connectivity index is 2.14. The number of rotatable bonds is 2. The maximum Gasteiger partial charge on any atom is 0.272 e. The van der Waals surface area contributed by atoms with Crippen LogP contribution in [0.25, 0.3) is 0 Å². The number of hydrogen-bond acceptors (Lipinski definition) is 3. The standard InChI is InChI=1S/C17H23N3O/c1-2-15-8-4-3-5-12-20(15)17(21)16-10-9-14(13-19-16)7-6-11-18/h9-10,13,15H,2-5,8,11-12,18H2,1H3. The van der Waals surface area contributed by atoms with E-state index in [-0.39, 0.29) is 5.91 Å². The van der Waals surface area contributed by atoms with E-state index in [1.165, 1.54) is 12.8 Å². The van der Waals surface area contributed by atoms with Crippen molar-refractivity contribution in [1.82, 2.24) is 9.88 Å². The lowest BCUT2D eigenvalue weighted by Crippen LogP contribution is -2.40. The minimum absolute atomic E-state index is 0.0436. The molecule has 1 aromatic heterocycles. The van der Waals surface area contributed by atoms with Crippen LogP contribution in [0.5, 0.6) is 0 Å². The predicted molar refractivity (Wildman–Crippen MR) is 83.8 cm³/mol. The maximum absolute atomic E-state index is 12.7. The first kappa shape index (κ1) is 15.5. The highest BCUT2D eigenvalue weighted by Crippen LogP contribution is 2.20. The van der Waals surface area contributed by atoms with E-state index >= 15 is 0 Å². The molecule has 1 aliphatic rings. The number of carbonyl (C=O) groups excluding carboxylic acids is 1. The molecule has 1 unspecified atom stereocenters. The fourth-order valence-electron chi connectivity index (χ4n) is 2.76. The lowest BCUT2D eigenvalue weighted by molar-refractivity contribution is 0.0672. The van der Waals surface area contributed by atoms with Gasteiger partial charge in [-0.05, 0) is 31.4 Å². The molecular weight excluding hydrogens is 262 g/mol. The Morgan fingerprint density at radius 1 is 1.43 bits per heavy atom. The van der Waals surface area contributed by atoms with Crippen LogP contribution < -0.4 is 5.73 Å². The summed E-state index contributed by atoms with van der Waals surface area (Å²) in [6.07, 6.45) is 7.26. The van der Waals surface area contributed by atoms with E-state index in [0.717, 1.165) is 31.4 Å². The molecule has 4 nitrogen and oxygen atoms in total. The predicted octanol–water partition coefficient (Wildman–Crippen LogP) is 2.19. The van der Waals surface area contributed by atoms with Crippen molar-refractivity contribution in [3.05, 3.63) is 29.6 Å². The average molecular weight is 285 g/mol. The van der Waals surface area contributed by atoms with Gasteiger partial charge in [0.15, 0.2) is 0 Å². The molecule has 0 spiro atoms. The van der Waals surface area contributed by atoms with Gasteiger partial charge in [0.2, 0.25) is 0 Å². The molecule has 1 fully saturated rings. The second-order valence-electron chi connectivity index (χ2n) is 5.35. The molecule has 0 bridgehead atoms. The van der Waals surface area contributed by atoms with E-state index in [0.29, 0.717) is 18.3 Å². The van der Waals surface area contributed by atoms with Gasteiger partial charge in [0, 0.05) is 24.3 Å². The number of nitrogens with two attached hydrogens (primary N) is 1. The molecule has 0 radical (unpaired) electrons. The van der Waals surface area contributed by atoms with Gasteiger partial charge in [0.05, 0.1) is 6.54 Å². The summed E-state index contributed by atoms with van der Waals surface area (Å²) < 4.78 is 0. The second kappa shape index (κ2) is 7.80. The largest absolute Gasteiger partial charge is 0.334 e. The highest BCUT2D eigenvalue weighted by atomic mass is 16.2. The molecule has 1 aromatic rings. The van der Waals surface area contributed by atoms with Crippen molar-refractivity contribution in [2.24, 2.45) is 5.73 Å². The molecule has 0 aliphatic carbocycles. The van der Waals surface area contributed by atoms with Crippen molar-refractivity contribution in [2.45, 2.75) is 45.1 Å². The summed E-state index contributed by atoms with van der Waals surface area (Å²) in [6.45, 7) is 3.32. The third kappa shape index (κ3) is 4.05. The fraction of sp³-hybridized carbons (Fsp3) is 0.529. The van der Waals surface area contributed by atoms with Crippen LogP contribution >= 0.6 is 0 Å². The number of carbonyl (C=O) groups is 1. The molecule has 1 amide bonds. The topological polar surface area (TPSA) is 59.2 Å². The zero-order chi connectivity index (χ0) is 15.1. The first-order chi connectivity index (χ1) is 10.3. The molecule has 112 valence electrons. The number of hydrogen-bond donors (Lipinski definition) is 1. The summed E-state index contributed by atoms with van der Waals surface area (Å²) in [6, 6.07) is 3.95. The van der Waals surface area contributed by atoms with E-state index in [9.17, 15) is 4.79 Å². The third-order valence-electron chi connectivity index (χ3n) is 3.93. The average Bonchev–Trinajstić information content (AvgIpc) is 2.78. The molecule has 2 rings (SSSR count). The van der Waals surface area contributed by atoms with E-state index < -0.39 is 0 Å². The first-order valence-electron chi connectivity index (χ1n) is 7.72. The van der Waals surface area contributed by atoms with Crippen LogP contribution in [0.4, 0.5) is 0 Å². The van der Waals surface area contributed by atoms with E-state index in [2.05, 4.69) is 23.7 Å². The molecule has 0 saturated carbocycles. The quantitative estimate of drug-likeness (QED) is 0.847. The van der Waals surface area contributed by atoms with E-state index in [4.69, 9.17) is 5.73 Å². The van der Waals surface area contributed by atoms with Crippen molar-refractivity contribution >= 4 is 5.91 Å². The molecule has 0 aromatic carbocycles. The number of nitrogens with zero attached hydrogens (tertiary/aromatic N) is 2. The molecule has 1 saturated heterocycles. The number of aromatic nitrogens is 1. The Morgan fingerprint density at radius 2 is 2.29 bits per heavy atom. The zero-order valence-corrected chi connectivity index (χ0v) is 12.6. The van der Waals surface area contributed by atoms with Crippen LogP contribution in [-0.4, -0.2) is 34.9 Å². The molecule has 2 N–H and O–H groups in total. The van der Waals surface area contributed by atoms with Gasteiger partial charge >= 0.3 is 0 Å². The molecule has 21 heavy (non-hydrogen) atoms. The fourth-order valence-corrected chi connectivity index (χ4v) is 2.76. The number of amides is 1. The Labute approximate surface area is 126 Å². The van der Waals surface area contributed by atoms with Crippen molar-refractivity contribution in [1.29, 1.82) is 0 Å². The second-order valence-corrected chi connectivity index (χ2v) is 5.35. The van der Waals surface area contributed by atoms with Crippen LogP contribution in [0.15, 0.2) is 18.3 Å². The van der Waals surface area contributed by atoms with Gasteiger partial charge in [-0.2, -0.15) is 0 Å². The summed E-state index contributed by atoms with van der Waals surface area (Å²) >= 11 is 0. The Hall–Kier alpha value is -1.86. The third-order valence-corrected chi connectivity index (χ3v) is 3.93. The lowest BCUT2D eigenvalue weighted by Gasteiger charge is -2.29. The number of pyridine rings is 1. The molecule has 1 atom stereocenters. The van der Waals surface area contributed by atoms with E-state index in [1.807, 2.05) is 11.0 Å². The Bertz CT molecular complexity index is 527. The van der Waals surface area contributed by atoms with Gasteiger partial charge in [-0.3, -0.25) is 4.79 Å². The van der Waals surface area contributed by atoms with Crippen molar-refractivity contribution in [2.75, 3.05) is 13.1 Å². The highest BCUT2D eigenvalue weighted by molar-refractivity contribution is 5.92. The van der Waals surface area contributed by atoms with Crippen LogP contribution in [0.3, 0.4) is 0 Å².